The fraction of sp³-hybridized carbons (Fsp3) is 0.182. The fourth-order valence-corrected chi connectivity index (χ4v) is 3.45. The zero-order valence-corrected chi connectivity index (χ0v) is 15.0. The molecule has 0 aromatic heterocycles. The molecule has 130 valence electrons. The van der Waals surface area contributed by atoms with E-state index in [-0.39, 0.29) is 0 Å². The Balaban J connectivity index is 1.77. The third-order valence-corrected chi connectivity index (χ3v) is 5.03. The first-order valence-corrected chi connectivity index (χ1v) is 8.47. The molecular formula is C22H19NO3. The summed E-state index contributed by atoms with van der Waals surface area (Å²) in [5.74, 6) is 0.672. The Hall–Kier alpha value is -3.14. The molecule has 4 heteroatoms. The lowest BCUT2D eigenvalue weighted by molar-refractivity contribution is -0.128. The molecule has 4 rings (SSSR count). The first-order chi connectivity index (χ1) is 12.4. The number of carbonyl (C=O) groups is 1. The van der Waals surface area contributed by atoms with Crippen LogP contribution in [0.2, 0.25) is 0 Å². The van der Waals surface area contributed by atoms with Gasteiger partial charge in [0, 0.05) is 22.4 Å². The second-order valence-corrected chi connectivity index (χ2v) is 6.60. The van der Waals surface area contributed by atoms with Crippen molar-refractivity contribution >= 4 is 17.6 Å². The average molecular weight is 345 g/mol. The first-order valence-electron chi connectivity index (χ1n) is 8.47. The average Bonchev–Trinajstić information content (AvgIpc) is 2.90. The maximum atomic E-state index is 11.4. The fourth-order valence-electron chi connectivity index (χ4n) is 3.45. The minimum Gasteiger partial charge on any atom is -0.458 e. The number of esters is 1. The van der Waals surface area contributed by atoms with E-state index in [1.54, 1.807) is 18.2 Å². The molecule has 0 radical (unpaired) electrons. The van der Waals surface area contributed by atoms with E-state index >= 15 is 0 Å². The molecule has 0 bridgehead atoms. The standard InChI is InChI=1S/C22H19NO3/c1-5-20(24)25-17-7-9-19-16(12-17)10-11-22(26-19)15(4)21-14(3)13(2)6-8-18(21)23-22/h5-12H,1H2,2-4H3. The predicted molar refractivity (Wildman–Crippen MR) is 100 cm³/mol. The van der Waals surface area contributed by atoms with Crippen LogP contribution in [0.4, 0.5) is 0 Å². The van der Waals surface area contributed by atoms with Gasteiger partial charge in [0.1, 0.15) is 11.5 Å². The van der Waals surface area contributed by atoms with Crippen molar-refractivity contribution in [1.29, 1.82) is 0 Å². The SMILES string of the molecule is C=CC(=O)Oc1ccc2c(c1)C=CC1(N=c3ccc(C)c(C)c3=C1C)O2. The van der Waals surface area contributed by atoms with Crippen molar-refractivity contribution in [3.63, 3.8) is 0 Å². The van der Waals surface area contributed by atoms with Gasteiger partial charge >= 0.3 is 5.97 Å². The summed E-state index contributed by atoms with van der Waals surface area (Å²) in [6, 6.07) is 9.41. The van der Waals surface area contributed by atoms with E-state index in [4.69, 9.17) is 14.5 Å². The van der Waals surface area contributed by atoms with E-state index in [9.17, 15) is 4.79 Å². The Morgan fingerprint density at radius 2 is 2.04 bits per heavy atom. The number of hydrogen-bond donors (Lipinski definition) is 0. The van der Waals surface area contributed by atoms with Gasteiger partial charge in [0.2, 0.25) is 5.72 Å². The number of hydrogen-bond acceptors (Lipinski definition) is 4. The van der Waals surface area contributed by atoms with E-state index in [1.807, 2.05) is 18.2 Å². The van der Waals surface area contributed by atoms with Crippen LogP contribution in [-0.2, 0) is 4.79 Å². The number of ether oxygens (including phenoxy) is 2. The highest BCUT2D eigenvalue weighted by Crippen LogP contribution is 2.38. The van der Waals surface area contributed by atoms with Gasteiger partial charge < -0.3 is 9.47 Å². The van der Waals surface area contributed by atoms with Crippen LogP contribution in [0.1, 0.15) is 23.6 Å². The maximum absolute atomic E-state index is 11.4. The van der Waals surface area contributed by atoms with Crippen molar-refractivity contribution in [3.8, 4) is 11.5 Å². The lowest BCUT2D eigenvalue weighted by Crippen LogP contribution is -2.34. The monoisotopic (exact) mass is 345 g/mol. The summed E-state index contributed by atoms with van der Waals surface area (Å²) < 4.78 is 11.5. The number of aryl methyl sites for hydroxylation is 1. The van der Waals surface area contributed by atoms with Crippen LogP contribution in [0.25, 0.3) is 11.6 Å². The molecule has 1 unspecified atom stereocenters. The number of carbonyl (C=O) groups excluding carboxylic acids is 1. The number of rotatable bonds is 2. The summed E-state index contributed by atoms with van der Waals surface area (Å²) in [6.07, 6.45) is 5.06. The summed E-state index contributed by atoms with van der Waals surface area (Å²) >= 11 is 0. The van der Waals surface area contributed by atoms with Crippen molar-refractivity contribution in [2.45, 2.75) is 26.5 Å². The van der Waals surface area contributed by atoms with Crippen molar-refractivity contribution in [2.75, 3.05) is 0 Å². The molecule has 2 aromatic rings. The van der Waals surface area contributed by atoms with Gasteiger partial charge in [-0.15, -0.1) is 0 Å². The Morgan fingerprint density at radius 3 is 2.81 bits per heavy atom. The van der Waals surface area contributed by atoms with Gasteiger partial charge in [-0.05, 0) is 68.3 Å². The van der Waals surface area contributed by atoms with Gasteiger partial charge in [-0.2, -0.15) is 0 Å². The van der Waals surface area contributed by atoms with Crippen molar-refractivity contribution in [2.24, 2.45) is 4.99 Å². The molecule has 1 spiro atoms. The van der Waals surface area contributed by atoms with E-state index in [0.29, 0.717) is 11.5 Å². The Labute approximate surface area is 151 Å². The van der Waals surface area contributed by atoms with Crippen molar-refractivity contribution in [1.82, 2.24) is 0 Å². The zero-order valence-electron chi connectivity index (χ0n) is 15.0. The van der Waals surface area contributed by atoms with E-state index in [0.717, 1.165) is 27.8 Å². The Kier molecular flexibility index (Phi) is 3.58. The zero-order chi connectivity index (χ0) is 18.5. The predicted octanol–water partition coefficient (Wildman–Crippen LogP) is 3.00. The molecule has 2 aliphatic heterocycles. The largest absolute Gasteiger partial charge is 0.458 e. The third-order valence-electron chi connectivity index (χ3n) is 5.03. The van der Waals surface area contributed by atoms with E-state index in [2.05, 4.69) is 33.4 Å². The quantitative estimate of drug-likeness (QED) is 0.478. The Morgan fingerprint density at radius 1 is 1.23 bits per heavy atom. The summed E-state index contributed by atoms with van der Waals surface area (Å²) in [5, 5.41) is 2.12. The molecule has 2 aromatic carbocycles. The normalized spacial score (nSPS) is 19.4. The van der Waals surface area contributed by atoms with Gasteiger partial charge in [0.05, 0.1) is 5.36 Å². The smallest absolute Gasteiger partial charge is 0.335 e. The second-order valence-electron chi connectivity index (χ2n) is 6.60. The van der Waals surface area contributed by atoms with Crippen LogP contribution < -0.4 is 20.0 Å². The van der Waals surface area contributed by atoms with Gasteiger partial charge in [0.15, 0.2) is 0 Å². The minimum absolute atomic E-state index is 0.455. The van der Waals surface area contributed by atoms with Crippen LogP contribution in [0.3, 0.4) is 0 Å². The summed E-state index contributed by atoms with van der Waals surface area (Å²) in [5.41, 5.74) is 3.58. The highest BCUT2D eigenvalue weighted by molar-refractivity contribution is 5.83. The van der Waals surface area contributed by atoms with Crippen molar-refractivity contribution in [3.05, 3.63) is 76.3 Å². The first kappa shape index (κ1) is 16.3. The third kappa shape index (κ3) is 2.37. The highest BCUT2D eigenvalue weighted by Gasteiger charge is 2.38. The van der Waals surface area contributed by atoms with Crippen LogP contribution in [0.5, 0.6) is 11.5 Å². The molecule has 0 saturated carbocycles. The lowest BCUT2D eigenvalue weighted by atomic mass is 9.97. The Bertz CT molecular complexity index is 1110. The van der Waals surface area contributed by atoms with Gasteiger partial charge in [0.25, 0.3) is 0 Å². The second kappa shape index (κ2) is 5.70. The number of fused-ring (bicyclic) bond motifs is 2. The molecule has 26 heavy (non-hydrogen) atoms. The molecule has 1 atom stereocenters. The van der Waals surface area contributed by atoms with Crippen LogP contribution in [-0.4, -0.2) is 11.7 Å². The highest BCUT2D eigenvalue weighted by atomic mass is 16.5. The topological polar surface area (TPSA) is 47.9 Å². The molecule has 2 heterocycles. The molecule has 4 nitrogen and oxygen atoms in total. The molecule has 2 aliphatic rings. The van der Waals surface area contributed by atoms with Gasteiger partial charge in [-0.3, -0.25) is 0 Å². The molecular weight excluding hydrogens is 326 g/mol. The van der Waals surface area contributed by atoms with Crippen molar-refractivity contribution < 1.29 is 14.3 Å². The number of nitrogens with zero attached hydrogens (tertiary/aromatic N) is 1. The van der Waals surface area contributed by atoms with Crippen LogP contribution >= 0.6 is 0 Å². The lowest BCUT2D eigenvalue weighted by Gasteiger charge is -2.30. The van der Waals surface area contributed by atoms with Gasteiger partial charge in [-0.25, -0.2) is 9.79 Å². The molecule has 0 N–H and O–H groups in total. The van der Waals surface area contributed by atoms with E-state index < -0.39 is 11.7 Å². The molecule has 0 fully saturated rings. The van der Waals surface area contributed by atoms with Gasteiger partial charge in [-0.1, -0.05) is 12.6 Å². The molecule has 0 amide bonds. The van der Waals surface area contributed by atoms with Crippen LogP contribution in [0, 0.1) is 13.8 Å². The molecule has 0 aliphatic carbocycles. The summed E-state index contributed by atoms with van der Waals surface area (Å²) in [6.45, 7) is 9.69. The number of benzene rings is 2. The maximum Gasteiger partial charge on any atom is 0.335 e. The summed E-state index contributed by atoms with van der Waals surface area (Å²) in [7, 11) is 0. The van der Waals surface area contributed by atoms with Crippen LogP contribution in [0.15, 0.2) is 54.1 Å². The minimum atomic E-state index is -0.812. The van der Waals surface area contributed by atoms with E-state index in [1.165, 1.54) is 11.1 Å². The molecule has 0 saturated heterocycles. The summed E-state index contributed by atoms with van der Waals surface area (Å²) in [4.78, 5) is 16.2.